The summed E-state index contributed by atoms with van der Waals surface area (Å²) in [7, 11) is 1.58. The molecule has 1 heterocycles. The predicted molar refractivity (Wildman–Crippen MR) is 176 cm³/mol. The Hall–Kier alpha value is -4.53. The summed E-state index contributed by atoms with van der Waals surface area (Å²) < 4.78 is 11.1. The Morgan fingerprint density at radius 1 is 0.733 bits per heavy atom. The second-order valence-electron chi connectivity index (χ2n) is 11.9. The van der Waals surface area contributed by atoms with E-state index >= 15 is 0 Å². The van der Waals surface area contributed by atoms with Gasteiger partial charge in [-0.15, -0.1) is 0 Å². The van der Waals surface area contributed by atoms with Crippen LogP contribution < -0.4 is 25.4 Å². The van der Waals surface area contributed by atoms with E-state index in [9.17, 15) is 14.4 Å². The Balaban J connectivity index is 1.47. The number of likely N-dealkylation sites (tertiary alicyclic amines) is 1. The molecule has 0 radical (unpaired) electrons. The molecule has 240 valence electrons. The van der Waals surface area contributed by atoms with Crippen molar-refractivity contribution in [1.29, 1.82) is 0 Å². The number of hydrogen-bond donors (Lipinski definition) is 3. The van der Waals surface area contributed by atoms with Gasteiger partial charge in [-0.05, 0) is 72.7 Å². The lowest BCUT2D eigenvalue weighted by atomic mass is 10.0. The molecule has 3 N–H and O–H groups in total. The van der Waals surface area contributed by atoms with E-state index in [1.54, 1.807) is 36.3 Å². The fourth-order valence-corrected chi connectivity index (χ4v) is 5.30. The number of benzene rings is 3. The minimum absolute atomic E-state index is 0.153. The molecule has 0 spiro atoms. The highest BCUT2D eigenvalue weighted by Gasteiger charge is 2.29. The Morgan fingerprint density at radius 2 is 1.38 bits per heavy atom. The number of nitrogens with one attached hydrogen (secondary N) is 3. The van der Waals surface area contributed by atoms with Gasteiger partial charge in [0.15, 0.2) is 0 Å². The molecule has 1 aliphatic rings. The number of amides is 4. The highest BCUT2D eigenvalue weighted by Crippen LogP contribution is 2.19. The van der Waals surface area contributed by atoms with Gasteiger partial charge in [-0.3, -0.25) is 9.59 Å². The first-order chi connectivity index (χ1) is 21.8. The number of anilines is 1. The molecule has 4 rings (SSSR count). The monoisotopic (exact) mass is 614 g/mol. The highest BCUT2D eigenvalue weighted by molar-refractivity contribution is 5.98. The topological polar surface area (TPSA) is 109 Å². The number of ether oxygens (including phenoxy) is 2. The molecule has 1 aliphatic heterocycles. The van der Waals surface area contributed by atoms with Crippen molar-refractivity contribution in [2.75, 3.05) is 25.5 Å². The first-order valence-electron chi connectivity index (χ1n) is 15.9. The maximum atomic E-state index is 13.7. The van der Waals surface area contributed by atoms with Gasteiger partial charge in [-0.1, -0.05) is 69.2 Å². The minimum atomic E-state index is -0.888. The molecule has 0 unspecified atom stereocenters. The van der Waals surface area contributed by atoms with Gasteiger partial charge in [0.25, 0.3) is 0 Å². The highest BCUT2D eigenvalue weighted by atomic mass is 16.5. The zero-order valence-corrected chi connectivity index (χ0v) is 26.6. The van der Waals surface area contributed by atoms with Gasteiger partial charge < -0.3 is 30.3 Å². The van der Waals surface area contributed by atoms with Crippen molar-refractivity contribution in [1.82, 2.24) is 15.5 Å². The second kappa shape index (κ2) is 17.1. The predicted octanol–water partition coefficient (Wildman–Crippen LogP) is 5.94. The third-order valence-electron chi connectivity index (χ3n) is 7.82. The number of rotatable bonds is 13. The molecule has 0 aromatic heterocycles. The molecule has 9 nitrogen and oxygen atoms in total. The normalized spacial score (nSPS) is 14.5. The number of urea groups is 1. The van der Waals surface area contributed by atoms with E-state index in [0.717, 1.165) is 36.8 Å². The zero-order chi connectivity index (χ0) is 32.0. The fourth-order valence-electron chi connectivity index (χ4n) is 5.30. The summed E-state index contributed by atoms with van der Waals surface area (Å²) in [6.45, 7) is 5.82. The van der Waals surface area contributed by atoms with Gasteiger partial charge in [0, 0.05) is 25.2 Å². The third kappa shape index (κ3) is 10.8. The molecule has 0 aliphatic carbocycles. The van der Waals surface area contributed by atoms with Crippen molar-refractivity contribution in [2.45, 2.75) is 71.1 Å². The molecule has 1 saturated heterocycles. The molecule has 4 amide bonds. The van der Waals surface area contributed by atoms with Gasteiger partial charge >= 0.3 is 6.03 Å². The van der Waals surface area contributed by atoms with Gasteiger partial charge in [-0.25, -0.2) is 4.79 Å². The number of hydrogen-bond acceptors (Lipinski definition) is 5. The maximum Gasteiger partial charge on any atom is 0.318 e. The Kier molecular flexibility index (Phi) is 12.7. The fraction of sp³-hybridized carbons (Fsp3) is 0.417. The lowest BCUT2D eigenvalue weighted by Crippen LogP contribution is -2.55. The molecular weight excluding hydrogens is 568 g/mol. The van der Waals surface area contributed by atoms with E-state index in [-0.39, 0.29) is 30.2 Å². The lowest BCUT2D eigenvalue weighted by Gasteiger charge is -2.27. The van der Waals surface area contributed by atoms with Gasteiger partial charge in [0.2, 0.25) is 11.8 Å². The summed E-state index contributed by atoms with van der Waals surface area (Å²) in [5.74, 6) is 0.785. The van der Waals surface area contributed by atoms with Crippen molar-refractivity contribution in [3.8, 4) is 11.5 Å². The van der Waals surface area contributed by atoms with Crippen molar-refractivity contribution in [3.63, 3.8) is 0 Å². The Labute approximate surface area is 266 Å². The van der Waals surface area contributed by atoms with E-state index < -0.39 is 12.1 Å². The van der Waals surface area contributed by atoms with E-state index in [4.69, 9.17) is 9.47 Å². The minimum Gasteiger partial charge on any atom is -0.497 e. The van der Waals surface area contributed by atoms with Gasteiger partial charge in [0.05, 0.1) is 7.11 Å². The van der Waals surface area contributed by atoms with Crippen LogP contribution in [0.5, 0.6) is 11.5 Å². The summed E-state index contributed by atoms with van der Waals surface area (Å²) >= 11 is 0. The molecule has 2 atom stereocenters. The number of carbonyl (C=O) groups excluding carboxylic acids is 3. The van der Waals surface area contributed by atoms with Crippen LogP contribution in [0.4, 0.5) is 10.5 Å². The van der Waals surface area contributed by atoms with E-state index in [1.165, 1.54) is 0 Å². The van der Waals surface area contributed by atoms with Crippen molar-refractivity contribution in [2.24, 2.45) is 5.92 Å². The summed E-state index contributed by atoms with van der Waals surface area (Å²) in [5.41, 5.74) is 2.50. The molecule has 0 bridgehead atoms. The molecule has 3 aromatic carbocycles. The summed E-state index contributed by atoms with van der Waals surface area (Å²) in [6, 6.07) is 22.6. The van der Waals surface area contributed by atoms with E-state index in [1.807, 2.05) is 68.4 Å². The van der Waals surface area contributed by atoms with Crippen LogP contribution in [0, 0.1) is 5.92 Å². The van der Waals surface area contributed by atoms with Crippen LogP contribution in [-0.2, 0) is 22.6 Å². The third-order valence-corrected chi connectivity index (χ3v) is 7.82. The smallest absolute Gasteiger partial charge is 0.318 e. The Bertz CT molecular complexity index is 1350. The average Bonchev–Trinajstić information content (AvgIpc) is 3.34. The van der Waals surface area contributed by atoms with Crippen molar-refractivity contribution in [3.05, 3.63) is 90.0 Å². The number of nitrogens with zero attached hydrogens (tertiary/aromatic N) is 1. The first-order valence-corrected chi connectivity index (χ1v) is 15.9. The quantitative estimate of drug-likeness (QED) is 0.221. The largest absolute Gasteiger partial charge is 0.497 e. The summed E-state index contributed by atoms with van der Waals surface area (Å²) in [4.78, 5) is 42.3. The second-order valence-corrected chi connectivity index (χ2v) is 11.9. The van der Waals surface area contributed by atoms with Crippen LogP contribution >= 0.6 is 0 Å². The number of methoxy groups -OCH3 is 1. The summed E-state index contributed by atoms with van der Waals surface area (Å²) in [6.07, 6.45) is 4.82. The van der Waals surface area contributed by atoms with E-state index in [2.05, 4.69) is 16.0 Å². The van der Waals surface area contributed by atoms with Crippen LogP contribution in [0.1, 0.15) is 57.1 Å². The van der Waals surface area contributed by atoms with Crippen LogP contribution in [-0.4, -0.2) is 55.0 Å². The molecule has 9 heteroatoms. The zero-order valence-electron chi connectivity index (χ0n) is 26.6. The number of carbonyl (C=O) groups is 3. The van der Waals surface area contributed by atoms with E-state index in [0.29, 0.717) is 43.3 Å². The van der Waals surface area contributed by atoms with Gasteiger partial charge in [0.1, 0.15) is 30.2 Å². The SMILES string of the molecule is COc1ccc(NC(=O)[C@H](Cc2ccc(OCc3ccccc3)cc2)NC(=O)[C@H](CC(C)C)NC(=O)N2CCCCCC2)cc1. The molecule has 45 heavy (non-hydrogen) atoms. The summed E-state index contributed by atoms with van der Waals surface area (Å²) in [5, 5.41) is 8.84. The molecular formula is C36H46N4O5. The van der Waals surface area contributed by atoms with Crippen molar-refractivity contribution >= 4 is 23.5 Å². The molecule has 0 saturated carbocycles. The van der Waals surface area contributed by atoms with Gasteiger partial charge in [-0.2, -0.15) is 0 Å². The lowest BCUT2D eigenvalue weighted by molar-refractivity contribution is -0.128. The standard InChI is InChI=1S/C36H46N4O5/c1-26(2)23-32(39-36(43)40-21-9-4-5-10-22-40)35(42)38-33(34(41)37-29-15-19-30(44-3)20-16-29)24-27-13-17-31(18-14-27)45-25-28-11-7-6-8-12-28/h6-8,11-20,26,32-33H,4-5,9-10,21-25H2,1-3H3,(H,37,41)(H,38,42)(H,39,43)/t32-,33-/m0/s1. The Morgan fingerprint density at radius 3 is 2.00 bits per heavy atom. The first kappa shape index (κ1) is 33.4. The van der Waals surface area contributed by atoms with Crippen LogP contribution in [0.15, 0.2) is 78.9 Å². The van der Waals surface area contributed by atoms with Crippen LogP contribution in [0.3, 0.4) is 0 Å². The molecule has 1 fully saturated rings. The van der Waals surface area contributed by atoms with Crippen LogP contribution in [0.25, 0.3) is 0 Å². The maximum absolute atomic E-state index is 13.7. The van der Waals surface area contributed by atoms with Crippen LogP contribution in [0.2, 0.25) is 0 Å². The average molecular weight is 615 g/mol. The molecule has 3 aromatic rings. The van der Waals surface area contributed by atoms with Crippen molar-refractivity contribution < 1.29 is 23.9 Å².